The van der Waals surface area contributed by atoms with Crippen molar-refractivity contribution in [1.82, 2.24) is 19.8 Å². The molecule has 1 N–H and O–H groups in total. The van der Waals surface area contributed by atoms with E-state index in [0.717, 1.165) is 67.0 Å². The summed E-state index contributed by atoms with van der Waals surface area (Å²) in [5.74, 6) is 4.41. The summed E-state index contributed by atoms with van der Waals surface area (Å²) in [6.07, 6.45) is 7.91. The van der Waals surface area contributed by atoms with Gasteiger partial charge >= 0.3 is 0 Å². The van der Waals surface area contributed by atoms with E-state index in [9.17, 15) is 9.59 Å². The van der Waals surface area contributed by atoms with Gasteiger partial charge in [-0.15, -0.1) is 0 Å². The number of aromatic nitrogens is 2. The molecule has 4 saturated carbocycles. The molecular formula is C30H44N4O2. The second-order valence-electron chi connectivity index (χ2n) is 12.9. The van der Waals surface area contributed by atoms with Crippen LogP contribution in [-0.2, 0) is 22.6 Å². The highest BCUT2D eigenvalue weighted by molar-refractivity contribution is 5.83. The zero-order valence-electron chi connectivity index (χ0n) is 22.6. The van der Waals surface area contributed by atoms with Gasteiger partial charge in [-0.05, 0) is 80.2 Å². The Bertz CT molecular complexity index is 1060. The van der Waals surface area contributed by atoms with Crippen LogP contribution in [0.2, 0.25) is 0 Å². The molecule has 1 aromatic carbocycles. The Hall–Kier alpha value is -2.37. The lowest BCUT2D eigenvalue weighted by Gasteiger charge is -2.55. The summed E-state index contributed by atoms with van der Waals surface area (Å²) < 4.78 is 2.07. The molecule has 6 rings (SSSR count). The molecule has 1 aromatic heterocycles. The monoisotopic (exact) mass is 492 g/mol. The molecule has 36 heavy (non-hydrogen) atoms. The first-order valence-corrected chi connectivity index (χ1v) is 14.2. The minimum absolute atomic E-state index is 0.126. The summed E-state index contributed by atoms with van der Waals surface area (Å²) in [5.41, 5.74) is 1.77. The molecule has 6 heteroatoms. The summed E-state index contributed by atoms with van der Waals surface area (Å²) in [5, 5.41) is 3.30. The molecule has 4 aliphatic rings. The number of carbonyl (C=O) groups excluding carboxylic acids is 2. The van der Waals surface area contributed by atoms with Crippen LogP contribution in [0.4, 0.5) is 0 Å². The average Bonchev–Trinajstić information content (AvgIpc) is 3.14. The van der Waals surface area contributed by atoms with Gasteiger partial charge in [0.25, 0.3) is 0 Å². The van der Waals surface area contributed by atoms with E-state index in [1.54, 1.807) is 0 Å². The largest absolute Gasteiger partial charge is 0.355 e. The topological polar surface area (TPSA) is 67.2 Å². The van der Waals surface area contributed by atoms with Crippen molar-refractivity contribution in [2.75, 3.05) is 19.6 Å². The first-order chi connectivity index (χ1) is 17.2. The molecule has 1 heterocycles. The van der Waals surface area contributed by atoms with E-state index < -0.39 is 0 Å². The van der Waals surface area contributed by atoms with E-state index in [2.05, 4.69) is 37.6 Å². The van der Waals surface area contributed by atoms with Crippen molar-refractivity contribution in [3.8, 4) is 0 Å². The number of hydrogen-bond donors (Lipinski definition) is 1. The first kappa shape index (κ1) is 25.3. The van der Waals surface area contributed by atoms with E-state index in [1.165, 1.54) is 19.3 Å². The van der Waals surface area contributed by atoms with Crippen LogP contribution in [0.3, 0.4) is 0 Å². The molecule has 0 spiro atoms. The standard InChI is InChI=1S/C30H44N4O2/c1-20(2)17-33(18-21(3)4)28(35)19-34-26-8-6-5-7-25(26)32-27(34)9-10-31-29(36)30-14-22-11-23(15-30)13-24(12-22)16-30/h5-8,20-24H,9-19H2,1-4H3,(H,31,36). The molecule has 0 aliphatic heterocycles. The van der Waals surface area contributed by atoms with Crippen molar-refractivity contribution in [2.45, 2.75) is 79.2 Å². The highest BCUT2D eigenvalue weighted by atomic mass is 16.2. The number of nitrogens with one attached hydrogen (secondary N) is 1. The number of imidazole rings is 1. The van der Waals surface area contributed by atoms with E-state index in [-0.39, 0.29) is 23.8 Å². The van der Waals surface area contributed by atoms with Gasteiger partial charge in [0, 0.05) is 31.5 Å². The van der Waals surface area contributed by atoms with E-state index in [4.69, 9.17) is 4.98 Å². The van der Waals surface area contributed by atoms with Crippen molar-refractivity contribution < 1.29 is 9.59 Å². The van der Waals surface area contributed by atoms with E-state index in [0.29, 0.717) is 24.8 Å². The fourth-order valence-electron chi connectivity index (χ4n) is 7.75. The van der Waals surface area contributed by atoms with Crippen molar-refractivity contribution in [3.05, 3.63) is 30.1 Å². The summed E-state index contributed by atoms with van der Waals surface area (Å²) in [7, 11) is 0. The lowest BCUT2D eigenvalue weighted by Crippen LogP contribution is -2.53. The zero-order chi connectivity index (χ0) is 25.4. The Morgan fingerprint density at radius 3 is 2.17 bits per heavy atom. The molecular weight excluding hydrogens is 448 g/mol. The highest BCUT2D eigenvalue weighted by Gasteiger charge is 2.54. The van der Waals surface area contributed by atoms with Crippen LogP contribution >= 0.6 is 0 Å². The van der Waals surface area contributed by atoms with Crippen molar-refractivity contribution in [3.63, 3.8) is 0 Å². The molecule has 6 nitrogen and oxygen atoms in total. The normalized spacial score (nSPS) is 26.8. The summed E-state index contributed by atoms with van der Waals surface area (Å²) in [4.78, 5) is 33.7. The molecule has 0 atom stereocenters. The van der Waals surface area contributed by atoms with E-state index in [1.807, 2.05) is 29.2 Å². The first-order valence-electron chi connectivity index (χ1n) is 14.2. The maximum Gasteiger partial charge on any atom is 0.242 e. The van der Waals surface area contributed by atoms with Crippen LogP contribution in [0.1, 0.15) is 72.0 Å². The van der Waals surface area contributed by atoms with Gasteiger partial charge in [0.2, 0.25) is 11.8 Å². The Labute approximate surface area is 216 Å². The fraction of sp³-hybridized carbons (Fsp3) is 0.700. The number of rotatable bonds is 10. The summed E-state index contributed by atoms with van der Waals surface area (Å²) in [6, 6.07) is 8.05. The van der Waals surface area contributed by atoms with Crippen LogP contribution < -0.4 is 5.32 Å². The third-order valence-corrected chi connectivity index (χ3v) is 8.70. The van der Waals surface area contributed by atoms with Gasteiger partial charge in [0.1, 0.15) is 12.4 Å². The zero-order valence-corrected chi connectivity index (χ0v) is 22.6. The van der Waals surface area contributed by atoms with Gasteiger partial charge in [-0.3, -0.25) is 9.59 Å². The second-order valence-corrected chi connectivity index (χ2v) is 12.9. The SMILES string of the molecule is CC(C)CN(CC(C)C)C(=O)Cn1c(CCNC(=O)C23CC4CC(CC(C4)C2)C3)nc2ccccc21. The molecule has 2 aromatic rings. The Morgan fingerprint density at radius 1 is 1.00 bits per heavy atom. The quantitative estimate of drug-likeness (QED) is 0.505. The molecule has 2 amide bonds. The average molecular weight is 493 g/mol. The number of hydrogen-bond acceptors (Lipinski definition) is 3. The smallest absolute Gasteiger partial charge is 0.242 e. The van der Waals surface area contributed by atoms with Crippen LogP contribution in [0.15, 0.2) is 24.3 Å². The number of amides is 2. The minimum atomic E-state index is -0.126. The highest BCUT2D eigenvalue weighted by Crippen LogP contribution is 2.60. The van der Waals surface area contributed by atoms with E-state index >= 15 is 0 Å². The van der Waals surface area contributed by atoms with Gasteiger partial charge in [-0.25, -0.2) is 4.98 Å². The molecule has 4 fully saturated rings. The van der Waals surface area contributed by atoms with Gasteiger partial charge in [-0.2, -0.15) is 0 Å². The van der Waals surface area contributed by atoms with Crippen LogP contribution in [-0.4, -0.2) is 45.9 Å². The van der Waals surface area contributed by atoms with Gasteiger partial charge in [-0.1, -0.05) is 39.8 Å². The van der Waals surface area contributed by atoms with Crippen LogP contribution in [0, 0.1) is 35.0 Å². The van der Waals surface area contributed by atoms with Crippen molar-refractivity contribution in [2.24, 2.45) is 35.0 Å². The van der Waals surface area contributed by atoms with Crippen LogP contribution in [0.5, 0.6) is 0 Å². The van der Waals surface area contributed by atoms with Crippen LogP contribution in [0.25, 0.3) is 11.0 Å². The molecule has 4 bridgehead atoms. The lowest BCUT2D eigenvalue weighted by atomic mass is 9.49. The fourth-order valence-corrected chi connectivity index (χ4v) is 7.75. The number of carbonyl (C=O) groups is 2. The number of fused-ring (bicyclic) bond motifs is 1. The van der Waals surface area contributed by atoms with Crippen molar-refractivity contribution in [1.29, 1.82) is 0 Å². The molecule has 196 valence electrons. The maximum absolute atomic E-state index is 13.4. The summed E-state index contributed by atoms with van der Waals surface area (Å²) >= 11 is 0. The Balaban J connectivity index is 1.28. The number of benzene rings is 1. The van der Waals surface area contributed by atoms with Crippen molar-refractivity contribution >= 4 is 22.8 Å². The minimum Gasteiger partial charge on any atom is -0.355 e. The predicted octanol–water partition coefficient (Wildman–Crippen LogP) is 5.05. The molecule has 0 unspecified atom stereocenters. The Morgan fingerprint density at radius 2 is 1.58 bits per heavy atom. The number of para-hydroxylation sites is 2. The predicted molar refractivity (Wildman–Crippen MR) is 143 cm³/mol. The third kappa shape index (κ3) is 5.19. The van der Waals surface area contributed by atoms with Gasteiger partial charge in [0.15, 0.2) is 0 Å². The maximum atomic E-state index is 13.4. The molecule has 4 aliphatic carbocycles. The Kier molecular flexibility index (Phi) is 7.15. The molecule has 0 saturated heterocycles. The van der Waals surface area contributed by atoms with Gasteiger partial charge < -0.3 is 14.8 Å². The van der Waals surface area contributed by atoms with Gasteiger partial charge in [0.05, 0.1) is 11.0 Å². The lowest BCUT2D eigenvalue weighted by molar-refractivity contribution is -0.146. The third-order valence-electron chi connectivity index (χ3n) is 8.70. The number of nitrogens with zero attached hydrogens (tertiary/aromatic N) is 3. The summed E-state index contributed by atoms with van der Waals surface area (Å²) in [6.45, 7) is 11.0. The second kappa shape index (κ2) is 10.2. The molecule has 0 radical (unpaired) electrons.